The van der Waals surface area contributed by atoms with Gasteiger partial charge in [-0.2, -0.15) is 0 Å². The van der Waals surface area contributed by atoms with E-state index in [4.69, 9.17) is 0 Å². The molecule has 0 saturated heterocycles. The summed E-state index contributed by atoms with van der Waals surface area (Å²) >= 11 is 0. The van der Waals surface area contributed by atoms with E-state index < -0.39 is 0 Å². The molecule has 0 amide bonds. The number of nitrogens with zero attached hydrogens (tertiary/aromatic N) is 2. The molecule has 1 N–H and O–H groups in total. The van der Waals surface area contributed by atoms with E-state index in [1.165, 1.54) is 38.2 Å². The van der Waals surface area contributed by atoms with E-state index in [2.05, 4.69) is 22.2 Å². The minimum Gasteiger partial charge on any atom is -0.368 e. The molecule has 1 aromatic rings. The summed E-state index contributed by atoms with van der Waals surface area (Å²) in [4.78, 5) is 6.44. The Morgan fingerprint density at radius 1 is 1.37 bits per heavy atom. The Morgan fingerprint density at radius 3 is 2.89 bits per heavy atom. The zero-order valence-electron chi connectivity index (χ0n) is 11.7. The van der Waals surface area contributed by atoms with Gasteiger partial charge >= 0.3 is 0 Å². The Kier molecular flexibility index (Phi) is 5.58. The van der Waals surface area contributed by atoms with Crippen LogP contribution in [0.25, 0.3) is 0 Å². The number of nitrogens with one attached hydrogen (secondary N) is 1. The third-order valence-corrected chi connectivity index (χ3v) is 3.94. The number of anilines is 1. The maximum atomic E-state index is 13.3. The van der Waals surface area contributed by atoms with Gasteiger partial charge in [0.2, 0.25) is 0 Å². The Labute approximate surface area is 115 Å². The van der Waals surface area contributed by atoms with Crippen molar-refractivity contribution in [3.05, 3.63) is 24.1 Å². The molecule has 0 bridgehead atoms. The standard InChI is InChI=1S/C15H24FN3/c1-19(13-7-3-2-4-8-13)12-6-11-18-15-14(16)9-5-10-17-15/h5,9-10,13H,2-4,6-8,11-12H2,1H3,(H,17,18). The lowest BCUT2D eigenvalue weighted by Crippen LogP contribution is -2.34. The topological polar surface area (TPSA) is 28.2 Å². The summed E-state index contributed by atoms with van der Waals surface area (Å²) in [5, 5.41) is 3.06. The van der Waals surface area contributed by atoms with Crippen LogP contribution in [0.1, 0.15) is 38.5 Å². The lowest BCUT2D eigenvalue weighted by atomic mass is 9.94. The Hall–Kier alpha value is -1.16. The molecule has 0 spiro atoms. The van der Waals surface area contributed by atoms with Crippen LogP contribution < -0.4 is 5.32 Å². The average Bonchev–Trinajstić information content (AvgIpc) is 2.46. The van der Waals surface area contributed by atoms with Gasteiger partial charge in [-0.1, -0.05) is 19.3 Å². The molecule has 1 fully saturated rings. The van der Waals surface area contributed by atoms with Crippen molar-refractivity contribution in [2.24, 2.45) is 0 Å². The summed E-state index contributed by atoms with van der Waals surface area (Å²) in [7, 11) is 2.21. The second-order valence-corrected chi connectivity index (χ2v) is 5.39. The molecule has 0 aromatic carbocycles. The molecule has 1 aromatic heterocycles. The molecule has 2 rings (SSSR count). The highest BCUT2D eigenvalue weighted by Gasteiger charge is 2.17. The Balaban J connectivity index is 1.65. The highest BCUT2D eigenvalue weighted by molar-refractivity contribution is 5.35. The first-order valence-corrected chi connectivity index (χ1v) is 7.32. The molecule has 1 aliphatic carbocycles. The maximum absolute atomic E-state index is 13.3. The van der Waals surface area contributed by atoms with Crippen molar-refractivity contribution in [3.8, 4) is 0 Å². The van der Waals surface area contributed by atoms with Crippen LogP contribution in [-0.2, 0) is 0 Å². The van der Waals surface area contributed by atoms with E-state index in [0.717, 1.165) is 25.6 Å². The fourth-order valence-electron chi connectivity index (χ4n) is 2.76. The Morgan fingerprint density at radius 2 is 2.16 bits per heavy atom. The van der Waals surface area contributed by atoms with Gasteiger partial charge in [0, 0.05) is 18.8 Å². The number of hydrogen-bond donors (Lipinski definition) is 1. The lowest BCUT2D eigenvalue weighted by Gasteiger charge is -2.31. The fourth-order valence-corrected chi connectivity index (χ4v) is 2.76. The Bertz CT molecular complexity index is 377. The summed E-state index contributed by atoms with van der Waals surface area (Å²) < 4.78 is 13.3. The summed E-state index contributed by atoms with van der Waals surface area (Å²) in [6.07, 6.45) is 9.42. The smallest absolute Gasteiger partial charge is 0.165 e. The first kappa shape index (κ1) is 14.3. The van der Waals surface area contributed by atoms with E-state index in [1.54, 1.807) is 12.3 Å². The van der Waals surface area contributed by atoms with Gasteiger partial charge in [-0.15, -0.1) is 0 Å². The zero-order chi connectivity index (χ0) is 13.5. The lowest BCUT2D eigenvalue weighted by molar-refractivity contribution is 0.191. The number of hydrogen-bond acceptors (Lipinski definition) is 3. The van der Waals surface area contributed by atoms with Crippen LogP contribution in [0.15, 0.2) is 18.3 Å². The van der Waals surface area contributed by atoms with Crippen molar-refractivity contribution < 1.29 is 4.39 Å². The van der Waals surface area contributed by atoms with E-state index in [-0.39, 0.29) is 5.82 Å². The number of rotatable bonds is 6. The second-order valence-electron chi connectivity index (χ2n) is 5.39. The van der Waals surface area contributed by atoms with Crippen molar-refractivity contribution >= 4 is 5.82 Å². The largest absolute Gasteiger partial charge is 0.368 e. The van der Waals surface area contributed by atoms with Crippen LogP contribution in [0.5, 0.6) is 0 Å². The molecule has 106 valence electrons. The van der Waals surface area contributed by atoms with Crippen molar-refractivity contribution in [1.29, 1.82) is 0 Å². The highest BCUT2D eigenvalue weighted by Crippen LogP contribution is 2.21. The number of pyridine rings is 1. The van der Waals surface area contributed by atoms with Gasteiger partial charge in [0.25, 0.3) is 0 Å². The van der Waals surface area contributed by atoms with Crippen molar-refractivity contribution in [1.82, 2.24) is 9.88 Å². The van der Waals surface area contributed by atoms with Crippen molar-refractivity contribution in [3.63, 3.8) is 0 Å². The van der Waals surface area contributed by atoms with E-state index in [1.807, 2.05) is 0 Å². The second kappa shape index (κ2) is 7.43. The zero-order valence-corrected chi connectivity index (χ0v) is 11.7. The molecular formula is C15H24FN3. The third kappa shape index (κ3) is 4.46. The molecule has 0 unspecified atom stereocenters. The molecule has 1 aliphatic rings. The summed E-state index contributed by atoms with van der Waals surface area (Å²) in [6.45, 7) is 1.83. The normalized spacial score (nSPS) is 16.8. The van der Waals surface area contributed by atoms with Crippen LogP contribution in [0, 0.1) is 5.82 Å². The van der Waals surface area contributed by atoms with Crippen LogP contribution in [0.4, 0.5) is 10.2 Å². The minimum atomic E-state index is -0.275. The van der Waals surface area contributed by atoms with Crippen molar-refractivity contribution in [2.75, 3.05) is 25.5 Å². The van der Waals surface area contributed by atoms with Gasteiger partial charge in [-0.25, -0.2) is 9.37 Å². The molecule has 4 heteroatoms. The fraction of sp³-hybridized carbons (Fsp3) is 0.667. The van der Waals surface area contributed by atoms with Crippen LogP contribution in [0.3, 0.4) is 0 Å². The average molecular weight is 265 g/mol. The van der Waals surface area contributed by atoms with E-state index in [9.17, 15) is 4.39 Å². The molecule has 19 heavy (non-hydrogen) atoms. The molecule has 1 heterocycles. The summed E-state index contributed by atoms with van der Waals surface area (Å²) in [6, 6.07) is 3.79. The molecule has 3 nitrogen and oxygen atoms in total. The van der Waals surface area contributed by atoms with Crippen LogP contribution in [0.2, 0.25) is 0 Å². The quantitative estimate of drug-likeness (QED) is 0.800. The maximum Gasteiger partial charge on any atom is 0.165 e. The van der Waals surface area contributed by atoms with Crippen LogP contribution in [-0.4, -0.2) is 36.1 Å². The van der Waals surface area contributed by atoms with Crippen LogP contribution >= 0.6 is 0 Å². The predicted octanol–water partition coefficient (Wildman–Crippen LogP) is 3.29. The predicted molar refractivity (Wildman–Crippen MR) is 76.8 cm³/mol. The number of halogens is 1. The molecular weight excluding hydrogens is 241 g/mol. The summed E-state index contributed by atoms with van der Waals surface area (Å²) in [5.74, 6) is 0.0888. The van der Waals surface area contributed by atoms with Gasteiger partial charge < -0.3 is 10.2 Å². The van der Waals surface area contributed by atoms with E-state index >= 15 is 0 Å². The molecule has 1 saturated carbocycles. The SMILES string of the molecule is CN(CCCNc1ncccc1F)C1CCCCC1. The van der Waals surface area contributed by atoms with Crippen molar-refractivity contribution in [2.45, 2.75) is 44.6 Å². The summed E-state index contributed by atoms with van der Waals surface area (Å²) in [5.41, 5.74) is 0. The van der Waals surface area contributed by atoms with Gasteiger partial charge in [0.15, 0.2) is 11.6 Å². The first-order chi connectivity index (χ1) is 9.27. The van der Waals surface area contributed by atoms with Gasteiger partial charge in [-0.05, 0) is 45.0 Å². The van der Waals surface area contributed by atoms with Gasteiger partial charge in [0.05, 0.1) is 0 Å². The van der Waals surface area contributed by atoms with Gasteiger partial charge in [0.1, 0.15) is 0 Å². The third-order valence-electron chi connectivity index (χ3n) is 3.94. The highest BCUT2D eigenvalue weighted by atomic mass is 19.1. The monoisotopic (exact) mass is 265 g/mol. The molecule has 0 aliphatic heterocycles. The number of aromatic nitrogens is 1. The van der Waals surface area contributed by atoms with Gasteiger partial charge in [-0.3, -0.25) is 0 Å². The molecule has 0 atom stereocenters. The minimum absolute atomic E-state index is 0.275. The first-order valence-electron chi connectivity index (χ1n) is 7.32. The van der Waals surface area contributed by atoms with E-state index in [0.29, 0.717) is 5.82 Å². The molecule has 0 radical (unpaired) electrons.